The van der Waals surface area contributed by atoms with Gasteiger partial charge in [-0.25, -0.2) is 0 Å². The van der Waals surface area contributed by atoms with Gasteiger partial charge in [-0.05, 0) is 29.8 Å². The van der Waals surface area contributed by atoms with Crippen LogP contribution in [0.25, 0.3) is 0 Å². The number of alkyl halides is 1. The summed E-state index contributed by atoms with van der Waals surface area (Å²) in [5, 5.41) is 2.87. The van der Waals surface area contributed by atoms with Crippen molar-refractivity contribution < 1.29 is 14.3 Å². The van der Waals surface area contributed by atoms with E-state index in [1.165, 1.54) is 0 Å². The highest BCUT2D eigenvalue weighted by Gasteiger charge is 2.14. The van der Waals surface area contributed by atoms with Crippen LogP contribution in [-0.4, -0.2) is 29.9 Å². The van der Waals surface area contributed by atoms with Gasteiger partial charge < -0.3 is 10.1 Å². The number of halogens is 1. The number of anilines is 1. The van der Waals surface area contributed by atoms with E-state index in [2.05, 4.69) is 5.32 Å². The summed E-state index contributed by atoms with van der Waals surface area (Å²) in [6.45, 7) is 2.01. The molecule has 0 saturated carbocycles. The Morgan fingerprint density at radius 2 is 1.85 bits per heavy atom. The summed E-state index contributed by atoms with van der Waals surface area (Å²) in [5.74, 6) is 0.621. The maximum atomic E-state index is 12.3. The number of methoxy groups -OCH3 is 1. The predicted molar refractivity (Wildman–Crippen MR) is 107 cm³/mol. The fourth-order valence-corrected chi connectivity index (χ4v) is 3.65. The number of Topliss-reactive ketones (excluding diaryl/α,β-unsaturated/α-hetero) is 1. The lowest BCUT2D eigenvalue weighted by Crippen LogP contribution is -2.14. The van der Waals surface area contributed by atoms with Crippen LogP contribution in [0.1, 0.15) is 18.9 Å². The van der Waals surface area contributed by atoms with Crippen LogP contribution in [0.5, 0.6) is 5.75 Å². The summed E-state index contributed by atoms with van der Waals surface area (Å²) in [6, 6.07) is 15.1. The number of hydrogen-bond donors (Lipinski definition) is 1. The van der Waals surface area contributed by atoms with Crippen LogP contribution in [-0.2, 0) is 16.0 Å². The van der Waals surface area contributed by atoms with Gasteiger partial charge in [0.2, 0.25) is 5.91 Å². The van der Waals surface area contributed by atoms with E-state index in [-0.39, 0.29) is 22.8 Å². The zero-order valence-corrected chi connectivity index (χ0v) is 16.4. The predicted octanol–water partition coefficient (Wildman–Crippen LogP) is 4.56. The van der Waals surface area contributed by atoms with E-state index in [1.807, 2.05) is 55.5 Å². The van der Waals surface area contributed by atoms with Gasteiger partial charge in [0.25, 0.3) is 0 Å². The zero-order valence-electron chi connectivity index (χ0n) is 14.8. The molecule has 1 N–H and O–H groups in total. The van der Waals surface area contributed by atoms with Gasteiger partial charge in [0.15, 0.2) is 0 Å². The largest absolute Gasteiger partial charge is 0.497 e. The zero-order chi connectivity index (χ0) is 18.9. The second-order valence-corrected chi connectivity index (χ2v) is 7.62. The third kappa shape index (κ3) is 6.39. The van der Waals surface area contributed by atoms with Crippen molar-refractivity contribution in [3.63, 3.8) is 0 Å². The minimum Gasteiger partial charge on any atom is -0.497 e. The summed E-state index contributed by atoms with van der Waals surface area (Å²) in [6.07, 6.45) is 0.855. The van der Waals surface area contributed by atoms with E-state index in [0.717, 1.165) is 21.9 Å². The molecule has 2 rings (SSSR count). The molecule has 0 fully saturated rings. The molecular formula is C20H22ClNO3S. The molecule has 1 atom stereocenters. The molecule has 1 unspecified atom stereocenters. The molecule has 0 bridgehead atoms. The molecule has 0 aliphatic rings. The van der Waals surface area contributed by atoms with Crippen LogP contribution in [0.4, 0.5) is 5.69 Å². The molecular weight excluding hydrogens is 370 g/mol. The maximum absolute atomic E-state index is 12.3. The fraction of sp³-hybridized carbons (Fsp3) is 0.300. The van der Waals surface area contributed by atoms with E-state index in [9.17, 15) is 9.59 Å². The quantitative estimate of drug-likeness (QED) is 0.503. The second-order valence-electron chi connectivity index (χ2n) is 5.87. The molecule has 0 heterocycles. The van der Waals surface area contributed by atoms with Crippen molar-refractivity contribution in [2.75, 3.05) is 18.3 Å². The van der Waals surface area contributed by atoms with Gasteiger partial charge in [-0.3, -0.25) is 9.59 Å². The van der Waals surface area contributed by atoms with Gasteiger partial charge >= 0.3 is 0 Å². The van der Waals surface area contributed by atoms with E-state index in [4.69, 9.17) is 16.3 Å². The Morgan fingerprint density at radius 1 is 1.15 bits per heavy atom. The van der Waals surface area contributed by atoms with Crippen molar-refractivity contribution in [2.24, 2.45) is 0 Å². The van der Waals surface area contributed by atoms with Crippen LogP contribution >= 0.6 is 23.4 Å². The number of thioether (sulfide) groups is 1. The van der Waals surface area contributed by atoms with Crippen molar-refractivity contribution in [3.05, 3.63) is 54.1 Å². The number of rotatable bonds is 9. The molecule has 0 saturated heterocycles. The van der Waals surface area contributed by atoms with Crippen molar-refractivity contribution in [2.45, 2.75) is 29.9 Å². The summed E-state index contributed by atoms with van der Waals surface area (Å²) >= 11 is 7.12. The number of para-hydroxylation sites is 1. The Hall–Kier alpha value is -1.98. The van der Waals surface area contributed by atoms with Crippen LogP contribution in [0.2, 0.25) is 0 Å². The average Bonchev–Trinajstić information content (AvgIpc) is 2.63. The molecule has 1 amide bonds. The average molecular weight is 392 g/mol. The Balaban J connectivity index is 1.92. The lowest BCUT2D eigenvalue weighted by Gasteiger charge is -2.14. The molecule has 138 valence electrons. The summed E-state index contributed by atoms with van der Waals surface area (Å²) in [5.41, 5.74) is 1.69. The minimum atomic E-state index is -0.247. The number of carbonyl (C=O) groups is 2. The second kappa shape index (κ2) is 10.2. The third-order valence-corrected chi connectivity index (χ3v) is 5.11. The van der Waals surface area contributed by atoms with Gasteiger partial charge in [0.05, 0.1) is 12.8 Å². The van der Waals surface area contributed by atoms with Crippen molar-refractivity contribution in [3.8, 4) is 5.75 Å². The first kappa shape index (κ1) is 20.3. The van der Waals surface area contributed by atoms with E-state index < -0.39 is 0 Å². The van der Waals surface area contributed by atoms with Gasteiger partial charge in [0, 0.05) is 23.0 Å². The number of benzene rings is 2. The lowest BCUT2D eigenvalue weighted by molar-refractivity contribution is -0.118. The fourth-order valence-electron chi connectivity index (χ4n) is 2.48. The smallest absolute Gasteiger partial charge is 0.239 e. The highest BCUT2D eigenvalue weighted by atomic mass is 35.5. The van der Waals surface area contributed by atoms with Gasteiger partial charge in [-0.2, -0.15) is 0 Å². The van der Waals surface area contributed by atoms with E-state index in [1.54, 1.807) is 18.9 Å². The number of nitrogens with one attached hydrogen (secondary N) is 1. The molecule has 26 heavy (non-hydrogen) atoms. The van der Waals surface area contributed by atoms with Gasteiger partial charge in [0.1, 0.15) is 17.4 Å². The summed E-state index contributed by atoms with van der Waals surface area (Å²) in [4.78, 5) is 24.8. The van der Waals surface area contributed by atoms with Gasteiger partial charge in [-0.15, -0.1) is 23.4 Å². The molecule has 0 aliphatic carbocycles. The number of ketones is 1. The maximum Gasteiger partial charge on any atom is 0.239 e. The van der Waals surface area contributed by atoms with Crippen LogP contribution in [0, 0.1) is 0 Å². The Morgan fingerprint density at radius 3 is 2.50 bits per heavy atom. The lowest BCUT2D eigenvalue weighted by atomic mass is 10.1. The third-order valence-electron chi connectivity index (χ3n) is 3.69. The number of carbonyl (C=O) groups excluding carboxylic acids is 2. The first-order valence-corrected chi connectivity index (χ1v) is 9.69. The molecule has 0 aliphatic heterocycles. The summed E-state index contributed by atoms with van der Waals surface area (Å²) < 4.78 is 5.13. The molecule has 0 radical (unpaired) electrons. The molecule has 0 aromatic heterocycles. The van der Waals surface area contributed by atoms with Crippen LogP contribution in [0.15, 0.2) is 53.4 Å². The Labute approximate surface area is 163 Å². The number of amides is 1. The monoisotopic (exact) mass is 391 g/mol. The first-order valence-electron chi connectivity index (χ1n) is 8.28. The van der Waals surface area contributed by atoms with Crippen LogP contribution < -0.4 is 10.1 Å². The Kier molecular flexibility index (Phi) is 8.01. The standard InChI is InChI=1S/C20H22ClNO3S/c1-14(11-16(23)12-15-7-9-17(25-2)10-8-15)26-19-6-4-3-5-18(19)22-20(24)13-21/h3-10,14H,11-13H2,1-2H3,(H,22,24). The molecule has 4 nitrogen and oxygen atoms in total. The summed E-state index contributed by atoms with van der Waals surface area (Å²) in [7, 11) is 1.62. The number of hydrogen-bond acceptors (Lipinski definition) is 4. The molecule has 0 spiro atoms. The van der Waals surface area contributed by atoms with Crippen molar-refractivity contribution in [1.82, 2.24) is 0 Å². The normalized spacial score (nSPS) is 11.7. The topological polar surface area (TPSA) is 55.4 Å². The van der Waals surface area contributed by atoms with Crippen LogP contribution in [0.3, 0.4) is 0 Å². The van der Waals surface area contributed by atoms with E-state index >= 15 is 0 Å². The first-order chi connectivity index (χ1) is 12.5. The molecule has 6 heteroatoms. The van der Waals surface area contributed by atoms with Gasteiger partial charge in [-0.1, -0.05) is 31.2 Å². The molecule has 2 aromatic rings. The van der Waals surface area contributed by atoms with E-state index in [0.29, 0.717) is 12.8 Å². The SMILES string of the molecule is COc1ccc(CC(=O)CC(C)Sc2ccccc2NC(=O)CCl)cc1. The molecule has 2 aromatic carbocycles. The van der Waals surface area contributed by atoms with Crippen molar-refractivity contribution in [1.29, 1.82) is 0 Å². The van der Waals surface area contributed by atoms with Crippen molar-refractivity contribution >= 4 is 40.7 Å². The number of ether oxygens (including phenoxy) is 1. The Bertz CT molecular complexity index is 749. The highest BCUT2D eigenvalue weighted by Crippen LogP contribution is 2.32. The minimum absolute atomic E-state index is 0.0884. The highest BCUT2D eigenvalue weighted by molar-refractivity contribution is 8.00.